The maximum atomic E-state index is 12.7. The minimum absolute atomic E-state index is 0.0399. The van der Waals surface area contributed by atoms with Crippen molar-refractivity contribution < 1.29 is 19.0 Å². The number of aryl methyl sites for hydroxylation is 1. The number of carbonyl (C=O) groups is 1. The number of alkyl carbamates (subject to hydrolysis) is 1. The summed E-state index contributed by atoms with van der Waals surface area (Å²) in [7, 11) is 0. The lowest BCUT2D eigenvalue weighted by Gasteiger charge is -2.27. The van der Waals surface area contributed by atoms with Crippen molar-refractivity contribution in [2.24, 2.45) is 5.92 Å². The number of fused-ring (bicyclic) bond motifs is 1. The monoisotopic (exact) mass is 616 g/mol. The van der Waals surface area contributed by atoms with Gasteiger partial charge in [-0.1, -0.05) is 47.0 Å². The predicted molar refractivity (Wildman–Crippen MR) is 152 cm³/mol. The molecule has 5 rings (SSSR count). The van der Waals surface area contributed by atoms with Gasteiger partial charge in [0.25, 0.3) is 6.29 Å². The van der Waals surface area contributed by atoms with Gasteiger partial charge in [-0.05, 0) is 63.8 Å². The van der Waals surface area contributed by atoms with Crippen LogP contribution in [0.4, 0.5) is 10.6 Å². The van der Waals surface area contributed by atoms with Crippen LogP contribution in [0.25, 0.3) is 11.2 Å². The van der Waals surface area contributed by atoms with Gasteiger partial charge in [0.05, 0.1) is 0 Å². The van der Waals surface area contributed by atoms with Crippen LogP contribution in [0.15, 0.2) is 51.6 Å². The number of imidazole rings is 1. The van der Waals surface area contributed by atoms with E-state index in [1.165, 1.54) is 30.9 Å². The summed E-state index contributed by atoms with van der Waals surface area (Å²) in [4.78, 5) is 26.0. The number of halogens is 1. The highest BCUT2D eigenvalue weighted by Gasteiger charge is 2.30. The normalized spacial score (nSPS) is 18.5. The number of nitrogens with two attached hydrogens (primary N) is 1. The van der Waals surface area contributed by atoms with Gasteiger partial charge in [0.1, 0.15) is 18.2 Å². The highest BCUT2D eigenvalue weighted by molar-refractivity contribution is 9.10. The Labute approximate surface area is 240 Å². The Morgan fingerprint density at radius 3 is 2.79 bits per heavy atom. The number of nitrogen functional groups attached to an aromatic ring is 1. The lowest BCUT2D eigenvalue weighted by Crippen LogP contribution is -2.43. The van der Waals surface area contributed by atoms with Gasteiger partial charge >= 0.3 is 6.09 Å². The average Bonchev–Trinajstić information content (AvgIpc) is 3.63. The van der Waals surface area contributed by atoms with E-state index in [1.807, 2.05) is 49.6 Å². The minimum atomic E-state index is -0.562. The number of ether oxygens (including phenoxy) is 3. The molecule has 1 amide bonds. The van der Waals surface area contributed by atoms with Crippen LogP contribution in [0, 0.1) is 5.92 Å². The van der Waals surface area contributed by atoms with Crippen LogP contribution >= 0.6 is 27.7 Å². The number of anilines is 1. The number of amides is 1. The number of nitrogens with one attached hydrogen (secondary N) is 1. The fourth-order valence-corrected chi connectivity index (χ4v) is 6.26. The van der Waals surface area contributed by atoms with E-state index in [1.54, 1.807) is 6.26 Å². The SMILES string of the molecule is CC(C)(C)OC(=O)NC(CCn1c(SC2=COC(c3ccccc3Br)O2)nc2c(N)ncnc21)C1CCCC1. The molecule has 12 heteroatoms. The number of rotatable bonds is 8. The van der Waals surface area contributed by atoms with E-state index in [-0.39, 0.29) is 6.04 Å². The summed E-state index contributed by atoms with van der Waals surface area (Å²) in [6.45, 7) is 6.17. The van der Waals surface area contributed by atoms with Crippen molar-refractivity contribution in [1.82, 2.24) is 24.8 Å². The second kappa shape index (κ2) is 11.6. The van der Waals surface area contributed by atoms with E-state index < -0.39 is 18.0 Å². The summed E-state index contributed by atoms with van der Waals surface area (Å²) in [5, 5.41) is 4.36. The van der Waals surface area contributed by atoms with Crippen molar-refractivity contribution in [3.05, 3.63) is 52.0 Å². The molecule has 1 aromatic carbocycles. The molecule has 2 aromatic heterocycles. The number of benzene rings is 1. The molecule has 2 atom stereocenters. The van der Waals surface area contributed by atoms with Gasteiger partial charge in [0.15, 0.2) is 22.1 Å². The lowest BCUT2D eigenvalue weighted by atomic mass is 9.95. The summed E-state index contributed by atoms with van der Waals surface area (Å²) in [6, 6.07) is 7.73. The second-order valence-corrected chi connectivity index (χ2v) is 12.5. The molecule has 0 spiro atoms. The topological polar surface area (TPSA) is 126 Å². The first-order valence-corrected chi connectivity index (χ1v) is 14.7. The summed E-state index contributed by atoms with van der Waals surface area (Å²) in [5.41, 5.74) is 7.64. The van der Waals surface area contributed by atoms with Gasteiger partial charge in [-0.25, -0.2) is 19.7 Å². The third kappa shape index (κ3) is 6.60. The maximum Gasteiger partial charge on any atom is 0.407 e. The highest BCUT2D eigenvalue weighted by atomic mass is 79.9. The lowest BCUT2D eigenvalue weighted by molar-refractivity contribution is -0.0279. The van der Waals surface area contributed by atoms with Gasteiger partial charge in [-0.3, -0.25) is 0 Å². The number of nitrogens with zero attached hydrogens (tertiary/aromatic N) is 4. The van der Waals surface area contributed by atoms with Crippen molar-refractivity contribution in [3.63, 3.8) is 0 Å². The molecule has 0 saturated heterocycles. The van der Waals surface area contributed by atoms with Crippen LogP contribution in [0.5, 0.6) is 0 Å². The van der Waals surface area contributed by atoms with Gasteiger partial charge in [-0.15, -0.1) is 0 Å². The molecule has 0 bridgehead atoms. The molecule has 10 nitrogen and oxygen atoms in total. The molecule has 1 aliphatic carbocycles. The molecule has 2 aliphatic rings. The summed E-state index contributed by atoms with van der Waals surface area (Å²) in [6.07, 6.45) is 7.26. The fraction of sp³-hybridized carbons (Fsp3) is 0.481. The number of hydrogen-bond donors (Lipinski definition) is 2. The minimum Gasteiger partial charge on any atom is -0.454 e. The predicted octanol–water partition coefficient (Wildman–Crippen LogP) is 6.28. The largest absolute Gasteiger partial charge is 0.454 e. The molecule has 208 valence electrons. The van der Waals surface area contributed by atoms with Crippen LogP contribution in [0.2, 0.25) is 0 Å². The molecular formula is C27H33BrN6O4S. The first-order valence-electron chi connectivity index (χ1n) is 13.1. The molecule has 1 fully saturated rings. The number of thioether (sulfide) groups is 1. The van der Waals surface area contributed by atoms with Gasteiger partial charge < -0.3 is 29.8 Å². The van der Waals surface area contributed by atoms with E-state index in [4.69, 9.17) is 24.9 Å². The zero-order valence-electron chi connectivity index (χ0n) is 22.2. The average molecular weight is 618 g/mol. The Bertz CT molecular complexity index is 1370. The first kappa shape index (κ1) is 27.6. The van der Waals surface area contributed by atoms with E-state index >= 15 is 0 Å². The van der Waals surface area contributed by atoms with Crippen molar-refractivity contribution >= 4 is 50.8 Å². The standard InChI is InChI=1S/C27H33BrN6O4S/c1-27(2,3)38-26(35)32-19(16-8-4-5-9-16)12-13-34-23-21(22(29)30-15-31-23)33-25(34)39-20-14-36-24(37-20)17-10-6-7-11-18(17)28/h6-7,10-11,14-16,19,24H,4-5,8-9,12-13H2,1-3H3,(H,32,35)(H2,29,30,31). The van der Waals surface area contributed by atoms with E-state index in [2.05, 4.69) is 31.2 Å². The zero-order valence-corrected chi connectivity index (χ0v) is 24.6. The van der Waals surface area contributed by atoms with Crippen molar-refractivity contribution in [2.45, 2.75) is 82.5 Å². The highest BCUT2D eigenvalue weighted by Crippen LogP contribution is 2.40. The van der Waals surface area contributed by atoms with Crippen molar-refractivity contribution in [3.8, 4) is 0 Å². The van der Waals surface area contributed by atoms with Gasteiger partial charge in [0.2, 0.25) is 5.09 Å². The smallest absolute Gasteiger partial charge is 0.407 e. The van der Waals surface area contributed by atoms with Crippen LogP contribution in [0.1, 0.15) is 64.7 Å². The maximum absolute atomic E-state index is 12.7. The molecule has 3 heterocycles. The molecule has 0 radical (unpaired) electrons. The van der Waals surface area contributed by atoms with Gasteiger partial charge in [0, 0.05) is 22.6 Å². The first-order chi connectivity index (χ1) is 18.7. The Kier molecular flexibility index (Phi) is 8.22. The molecule has 3 aromatic rings. The van der Waals surface area contributed by atoms with Crippen LogP contribution in [-0.2, 0) is 20.8 Å². The number of carbonyl (C=O) groups excluding carboxylic acids is 1. The zero-order chi connectivity index (χ0) is 27.6. The Hall–Kier alpha value is -2.99. The molecular weight excluding hydrogens is 584 g/mol. The Morgan fingerprint density at radius 2 is 2.05 bits per heavy atom. The van der Waals surface area contributed by atoms with E-state index in [0.717, 1.165) is 22.9 Å². The van der Waals surface area contributed by atoms with Crippen LogP contribution < -0.4 is 11.1 Å². The molecule has 2 unspecified atom stereocenters. The molecule has 1 aliphatic heterocycles. The van der Waals surface area contributed by atoms with Gasteiger partial charge in [-0.2, -0.15) is 0 Å². The van der Waals surface area contributed by atoms with Crippen molar-refractivity contribution in [2.75, 3.05) is 5.73 Å². The van der Waals surface area contributed by atoms with E-state index in [0.29, 0.717) is 46.1 Å². The second-order valence-electron chi connectivity index (χ2n) is 10.7. The van der Waals surface area contributed by atoms with Crippen molar-refractivity contribution in [1.29, 1.82) is 0 Å². The third-order valence-electron chi connectivity index (χ3n) is 6.72. The quantitative estimate of drug-likeness (QED) is 0.300. The molecule has 1 saturated carbocycles. The Morgan fingerprint density at radius 1 is 1.28 bits per heavy atom. The summed E-state index contributed by atoms with van der Waals surface area (Å²) >= 11 is 4.89. The Balaban J connectivity index is 1.35. The molecule has 3 N–H and O–H groups in total. The summed E-state index contributed by atoms with van der Waals surface area (Å²) < 4.78 is 20.4. The van der Waals surface area contributed by atoms with Crippen LogP contribution in [-0.4, -0.2) is 37.3 Å². The fourth-order valence-electron chi connectivity index (χ4n) is 4.95. The number of aromatic nitrogens is 4. The number of hydrogen-bond acceptors (Lipinski definition) is 9. The third-order valence-corrected chi connectivity index (χ3v) is 8.33. The van der Waals surface area contributed by atoms with Crippen LogP contribution in [0.3, 0.4) is 0 Å². The summed E-state index contributed by atoms with van der Waals surface area (Å²) in [5.74, 6) is 0.700. The molecule has 39 heavy (non-hydrogen) atoms. The van der Waals surface area contributed by atoms with E-state index in [9.17, 15) is 4.79 Å².